The number of hydrogen-bond donors (Lipinski definition) is 4. The predicted molar refractivity (Wildman–Crippen MR) is 89.7 cm³/mol. The van der Waals surface area contributed by atoms with Crippen molar-refractivity contribution in [1.29, 1.82) is 0 Å². The van der Waals surface area contributed by atoms with Gasteiger partial charge in [-0.1, -0.05) is 6.92 Å². The minimum absolute atomic E-state index is 0.234. The number of methoxy groups -OCH3 is 1. The minimum Gasteiger partial charge on any atom is -0.726 e. The summed E-state index contributed by atoms with van der Waals surface area (Å²) in [5.74, 6) is -2.00. The lowest BCUT2D eigenvalue weighted by atomic mass is 9.90. The second kappa shape index (κ2) is 11.5. The molecule has 0 aliphatic carbocycles. The van der Waals surface area contributed by atoms with Crippen LogP contribution < -0.4 is 5.26 Å². The first-order chi connectivity index (χ1) is 14.5. The van der Waals surface area contributed by atoms with Crippen LogP contribution in [0.1, 0.15) is 6.92 Å². The lowest BCUT2D eigenvalue weighted by molar-refractivity contribution is -0.800. The van der Waals surface area contributed by atoms with Crippen LogP contribution in [0.5, 0.6) is 0 Å². The highest BCUT2D eigenvalue weighted by atomic mass is 32.3. The van der Waals surface area contributed by atoms with E-state index >= 15 is 0 Å². The molecule has 0 aromatic heterocycles. The lowest BCUT2D eigenvalue weighted by Gasteiger charge is -2.44. The van der Waals surface area contributed by atoms with Gasteiger partial charge in [0.1, 0.15) is 30.5 Å². The Morgan fingerprint density at radius 2 is 1.77 bits per heavy atom. The maximum absolute atomic E-state index is 11.0. The molecule has 4 N–H and O–H groups in total. The third-order valence-electron chi connectivity index (χ3n) is 5.18. The van der Waals surface area contributed by atoms with E-state index in [9.17, 15) is 38.7 Å². The van der Waals surface area contributed by atoms with Crippen molar-refractivity contribution in [2.24, 2.45) is 11.8 Å². The number of rotatable bonds is 9. The van der Waals surface area contributed by atoms with Crippen molar-refractivity contribution in [3.8, 4) is 0 Å². The van der Waals surface area contributed by atoms with Crippen LogP contribution in [0, 0.1) is 11.8 Å². The van der Waals surface area contributed by atoms with E-state index < -0.39 is 84.7 Å². The highest BCUT2D eigenvalue weighted by Gasteiger charge is 2.49. The zero-order chi connectivity index (χ0) is 23.3. The highest BCUT2D eigenvalue weighted by molar-refractivity contribution is 7.80. The van der Waals surface area contributed by atoms with Gasteiger partial charge in [-0.05, 0) is 0 Å². The largest absolute Gasteiger partial charge is 0.726 e. The van der Waals surface area contributed by atoms with Crippen LogP contribution in [0.15, 0.2) is 0 Å². The van der Waals surface area contributed by atoms with Gasteiger partial charge in [0.05, 0.1) is 25.9 Å². The lowest BCUT2D eigenvalue weighted by Crippen LogP contribution is -2.59. The van der Waals surface area contributed by atoms with Gasteiger partial charge >= 0.3 is 0 Å². The van der Waals surface area contributed by atoms with Gasteiger partial charge in [0, 0.05) is 18.9 Å². The molecule has 2 heterocycles. The Hall–Kier alpha value is -0.570. The Kier molecular flexibility index (Phi) is 9.92. The van der Waals surface area contributed by atoms with Crippen molar-refractivity contribution in [3.63, 3.8) is 0 Å². The number of aliphatic hydroxyl groups excluding tert-OH is 4. The molecule has 0 saturated carbocycles. The Morgan fingerprint density at radius 1 is 1.10 bits per heavy atom. The summed E-state index contributed by atoms with van der Waals surface area (Å²) < 4.78 is 58.5. The maximum Gasteiger partial charge on any atom is 0.218 e. The van der Waals surface area contributed by atoms with E-state index in [-0.39, 0.29) is 6.61 Å². The minimum atomic E-state index is -5.17. The number of hydrogen-bond acceptors (Lipinski definition) is 15. The zero-order valence-corrected chi connectivity index (χ0v) is 17.4. The first-order valence-electron chi connectivity index (χ1n) is 9.20. The second-order valence-corrected chi connectivity index (χ2v) is 8.19. The van der Waals surface area contributed by atoms with Crippen LogP contribution in [-0.4, -0.2) is 110 Å². The molecule has 0 aromatic rings. The van der Waals surface area contributed by atoms with Crippen molar-refractivity contribution < 1.29 is 71.7 Å². The molecule has 0 amide bonds. The Labute approximate surface area is 177 Å². The average molecular weight is 478 g/mol. The fraction of sp³-hybridized carbons (Fsp3) is 1.00. The summed E-state index contributed by atoms with van der Waals surface area (Å²) in [6, 6.07) is 0. The van der Waals surface area contributed by atoms with Crippen molar-refractivity contribution in [1.82, 2.24) is 0 Å². The van der Waals surface area contributed by atoms with Gasteiger partial charge in [-0.2, -0.15) is 0 Å². The fourth-order valence-corrected chi connectivity index (χ4v) is 4.09. The van der Waals surface area contributed by atoms with Crippen molar-refractivity contribution in [2.75, 3.05) is 26.9 Å². The van der Waals surface area contributed by atoms with Crippen LogP contribution in [0.25, 0.3) is 0 Å². The molecular weight excluding hydrogens is 452 g/mol. The summed E-state index contributed by atoms with van der Waals surface area (Å²) in [6.45, 7) is -0.145. The third kappa shape index (κ3) is 6.71. The zero-order valence-electron chi connectivity index (χ0n) is 16.6. The molecule has 0 aromatic carbocycles. The molecule has 10 atom stereocenters. The molecule has 2 rings (SSSR count). The average Bonchev–Trinajstić information content (AvgIpc) is 2.82. The molecule has 0 radical (unpaired) electrons. The van der Waals surface area contributed by atoms with Gasteiger partial charge in [-0.25, -0.2) is 13.3 Å². The molecule has 0 bridgehead atoms. The van der Waals surface area contributed by atoms with Gasteiger partial charge in [0.15, 0.2) is 12.6 Å². The molecule has 0 spiro atoms. The monoisotopic (exact) mass is 478 g/mol. The molecule has 2 aliphatic rings. The number of aliphatic hydroxyl groups is 4. The highest BCUT2D eigenvalue weighted by Crippen LogP contribution is 2.33. The van der Waals surface area contributed by atoms with E-state index in [4.69, 9.17) is 18.9 Å². The molecule has 2 fully saturated rings. The van der Waals surface area contributed by atoms with E-state index in [0.29, 0.717) is 0 Å². The Morgan fingerprint density at radius 3 is 2.32 bits per heavy atom. The van der Waals surface area contributed by atoms with E-state index in [2.05, 4.69) is 14.1 Å². The van der Waals surface area contributed by atoms with Crippen molar-refractivity contribution in [3.05, 3.63) is 0 Å². The summed E-state index contributed by atoms with van der Waals surface area (Å²) >= 11 is 0. The predicted octanol–water partition coefficient (Wildman–Crippen LogP) is -4.50. The van der Waals surface area contributed by atoms with Crippen molar-refractivity contribution >= 4 is 10.4 Å². The number of ether oxygens (including phenoxy) is 4. The SMILES string of the molecule is CO[C@@H]1OCC(COO[O-])[C@H](O[C@@H]2OC(CO)[C@H](OS(=O)(=O)[O-])[C@H](C)C2O)C(O)[C@@H]1O. The molecule has 4 unspecified atom stereocenters. The van der Waals surface area contributed by atoms with E-state index in [1.54, 1.807) is 0 Å². The molecule has 16 heteroatoms. The smallest absolute Gasteiger partial charge is 0.218 e. The molecule has 31 heavy (non-hydrogen) atoms. The topological polar surface area (TPSA) is 226 Å². The van der Waals surface area contributed by atoms with Gasteiger partial charge in [-0.3, -0.25) is 9.22 Å². The van der Waals surface area contributed by atoms with Crippen LogP contribution in [0.4, 0.5) is 0 Å². The molecule has 2 saturated heterocycles. The first-order valence-corrected chi connectivity index (χ1v) is 10.5. The van der Waals surface area contributed by atoms with Gasteiger partial charge in [-0.15, -0.1) is 0 Å². The van der Waals surface area contributed by atoms with Gasteiger partial charge < -0.3 is 49.2 Å². The quantitative estimate of drug-likeness (QED) is 0.106. The summed E-state index contributed by atoms with van der Waals surface area (Å²) in [5, 5.41) is 54.4. The Bertz CT molecular complexity index is 644. The summed E-state index contributed by atoms with van der Waals surface area (Å²) in [7, 11) is -3.95. The standard InChI is InChI=1S/C15H28O15S/c1-6-9(17)15(27-8(3-16)12(6)29-31(21,22)23)28-13-7(5-26-30-20)4-25-14(24-2)11(19)10(13)18/h6-20H,3-5H2,1-2H3,(H,21,22,23)/p-2/t6-,7?,8?,9?,10?,11+,12-,13+,14-,15+/m1/s1. The molecular formula is C15H26O15S-2. The summed E-state index contributed by atoms with van der Waals surface area (Å²) in [6.07, 6.45) is -12.0. The summed E-state index contributed by atoms with van der Waals surface area (Å²) in [4.78, 5) is 4.35. The van der Waals surface area contributed by atoms with Crippen LogP contribution in [0.3, 0.4) is 0 Å². The van der Waals surface area contributed by atoms with Gasteiger partial charge in [0.2, 0.25) is 10.4 Å². The van der Waals surface area contributed by atoms with Gasteiger partial charge in [0.25, 0.3) is 0 Å². The summed E-state index contributed by atoms with van der Waals surface area (Å²) in [5.41, 5.74) is 0. The first kappa shape index (κ1) is 26.7. The fourth-order valence-electron chi connectivity index (χ4n) is 3.51. The molecule has 184 valence electrons. The van der Waals surface area contributed by atoms with Crippen LogP contribution in [0.2, 0.25) is 0 Å². The van der Waals surface area contributed by atoms with Crippen LogP contribution >= 0.6 is 0 Å². The van der Waals surface area contributed by atoms with E-state index in [1.807, 2.05) is 0 Å². The van der Waals surface area contributed by atoms with Crippen molar-refractivity contribution in [2.45, 2.75) is 56.1 Å². The maximum atomic E-state index is 11.0. The second-order valence-electron chi connectivity index (χ2n) is 7.18. The van der Waals surface area contributed by atoms with E-state index in [1.165, 1.54) is 14.0 Å². The van der Waals surface area contributed by atoms with E-state index in [0.717, 1.165) is 0 Å². The normalized spacial score (nSPS) is 42.3. The Balaban J connectivity index is 2.23. The molecule has 15 nitrogen and oxygen atoms in total. The van der Waals surface area contributed by atoms with Crippen LogP contribution in [-0.2, 0) is 43.5 Å². The molecule has 2 aliphatic heterocycles. The third-order valence-corrected chi connectivity index (χ3v) is 5.64.